The van der Waals surface area contributed by atoms with E-state index in [0.29, 0.717) is 0 Å². The molecule has 2 N–H and O–H groups in total. The Hall–Kier alpha value is -0.180. The minimum Gasteiger partial charge on any atom is -0.328 e. The van der Waals surface area contributed by atoms with Crippen LogP contribution in [0.4, 0.5) is 0 Å². The van der Waals surface area contributed by atoms with E-state index in [1.54, 1.807) is 0 Å². The first kappa shape index (κ1) is 12.9. The highest BCUT2D eigenvalue weighted by molar-refractivity contribution is 7.99. The Balaban J connectivity index is 2.69. The lowest BCUT2D eigenvalue weighted by Gasteiger charge is -2.08. The Kier molecular flexibility index (Phi) is 5.51. The Labute approximate surface area is 101 Å². The van der Waals surface area contributed by atoms with Crippen molar-refractivity contribution in [2.75, 3.05) is 5.75 Å². The van der Waals surface area contributed by atoms with E-state index in [2.05, 4.69) is 19.1 Å². The predicted molar refractivity (Wildman–Crippen MR) is 69.8 cm³/mol. The van der Waals surface area contributed by atoms with Gasteiger partial charge in [0.1, 0.15) is 0 Å². The molecule has 0 spiro atoms. The molecule has 0 radical (unpaired) electrons. The molecule has 1 rings (SSSR count). The van der Waals surface area contributed by atoms with Crippen molar-refractivity contribution in [2.45, 2.75) is 37.6 Å². The molecule has 1 atom stereocenters. The fraction of sp³-hybridized carbons (Fsp3) is 0.500. The molecule has 0 amide bonds. The van der Waals surface area contributed by atoms with Crippen molar-refractivity contribution in [3.8, 4) is 0 Å². The van der Waals surface area contributed by atoms with Gasteiger partial charge in [0, 0.05) is 10.9 Å². The average Bonchev–Trinajstić information content (AvgIpc) is 2.15. The fourth-order valence-electron chi connectivity index (χ4n) is 1.37. The lowest BCUT2D eigenvalue weighted by atomic mass is 10.1. The summed E-state index contributed by atoms with van der Waals surface area (Å²) >= 11 is 8.00. The van der Waals surface area contributed by atoms with Crippen molar-refractivity contribution in [2.24, 2.45) is 5.73 Å². The summed E-state index contributed by atoms with van der Waals surface area (Å²) in [5, 5.41) is 0.853. The summed E-state index contributed by atoms with van der Waals surface area (Å²) in [5.74, 6) is 1.12. The molecule has 1 unspecified atom stereocenters. The number of hydrogen-bond donors (Lipinski definition) is 1. The van der Waals surface area contributed by atoms with Crippen LogP contribution in [-0.2, 0) is 6.42 Å². The first-order valence-electron chi connectivity index (χ1n) is 5.30. The quantitative estimate of drug-likeness (QED) is 0.798. The van der Waals surface area contributed by atoms with Gasteiger partial charge >= 0.3 is 0 Å². The molecule has 1 aromatic carbocycles. The van der Waals surface area contributed by atoms with Crippen LogP contribution in [0, 0.1) is 0 Å². The summed E-state index contributed by atoms with van der Waals surface area (Å²) in [6, 6.07) is 6.44. The molecule has 0 heterocycles. The highest BCUT2D eigenvalue weighted by Crippen LogP contribution is 2.28. The molecule has 0 bridgehead atoms. The van der Waals surface area contributed by atoms with E-state index in [9.17, 15) is 0 Å². The third-order valence-electron chi connectivity index (χ3n) is 2.02. The Bertz CT molecular complexity index is 312. The predicted octanol–water partition coefficient (Wildman–Crippen LogP) is 3.73. The SMILES string of the molecule is CCCSc1ccc(CC(C)N)cc1Cl. The Morgan fingerprint density at radius 2 is 2.20 bits per heavy atom. The maximum absolute atomic E-state index is 6.19. The van der Waals surface area contributed by atoms with Crippen molar-refractivity contribution < 1.29 is 0 Å². The van der Waals surface area contributed by atoms with Gasteiger partial charge in [-0.1, -0.05) is 24.6 Å². The van der Waals surface area contributed by atoms with Gasteiger partial charge in [0.25, 0.3) is 0 Å². The van der Waals surface area contributed by atoms with Gasteiger partial charge in [0.05, 0.1) is 5.02 Å². The standard InChI is InChI=1S/C12H18ClNS/c1-3-6-15-12-5-4-10(7-9(2)14)8-11(12)13/h4-5,8-9H,3,6-7,14H2,1-2H3. The van der Waals surface area contributed by atoms with Gasteiger partial charge in [-0.05, 0) is 43.2 Å². The molecule has 0 aromatic heterocycles. The van der Waals surface area contributed by atoms with Crippen molar-refractivity contribution in [1.29, 1.82) is 0 Å². The van der Waals surface area contributed by atoms with E-state index in [1.165, 1.54) is 16.9 Å². The van der Waals surface area contributed by atoms with Crippen molar-refractivity contribution in [3.05, 3.63) is 28.8 Å². The van der Waals surface area contributed by atoms with Crippen LogP contribution in [0.15, 0.2) is 23.1 Å². The van der Waals surface area contributed by atoms with Crippen molar-refractivity contribution in [3.63, 3.8) is 0 Å². The second kappa shape index (κ2) is 6.41. The third-order valence-corrected chi connectivity index (χ3v) is 3.72. The zero-order valence-electron chi connectivity index (χ0n) is 9.29. The van der Waals surface area contributed by atoms with Crippen LogP contribution < -0.4 is 5.73 Å². The number of hydrogen-bond acceptors (Lipinski definition) is 2. The number of halogens is 1. The summed E-state index contributed by atoms with van der Waals surface area (Å²) in [5.41, 5.74) is 6.96. The molecule has 0 fully saturated rings. The second-order valence-corrected chi connectivity index (χ2v) is 5.34. The highest BCUT2D eigenvalue weighted by Gasteiger charge is 2.03. The molecule has 0 aliphatic carbocycles. The largest absolute Gasteiger partial charge is 0.328 e. The lowest BCUT2D eigenvalue weighted by molar-refractivity contribution is 0.738. The van der Waals surface area contributed by atoms with E-state index < -0.39 is 0 Å². The van der Waals surface area contributed by atoms with Gasteiger partial charge in [-0.15, -0.1) is 11.8 Å². The van der Waals surface area contributed by atoms with Crippen LogP contribution in [0.25, 0.3) is 0 Å². The molecule has 0 saturated carbocycles. The molecule has 1 nitrogen and oxygen atoms in total. The van der Waals surface area contributed by atoms with Gasteiger partial charge in [-0.2, -0.15) is 0 Å². The van der Waals surface area contributed by atoms with Gasteiger partial charge in [0.2, 0.25) is 0 Å². The van der Waals surface area contributed by atoms with Gasteiger partial charge < -0.3 is 5.73 Å². The first-order valence-corrected chi connectivity index (χ1v) is 6.66. The van der Waals surface area contributed by atoms with Crippen LogP contribution in [0.3, 0.4) is 0 Å². The summed E-state index contributed by atoms with van der Waals surface area (Å²) in [6.45, 7) is 4.18. The monoisotopic (exact) mass is 243 g/mol. The summed E-state index contributed by atoms with van der Waals surface area (Å²) in [6.07, 6.45) is 2.06. The number of benzene rings is 1. The summed E-state index contributed by atoms with van der Waals surface area (Å²) < 4.78 is 0. The first-order chi connectivity index (χ1) is 7.13. The molecule has 0 aliphatic rings. The van der Waals surface area contributed by atoms with Crippen LogP contribution >= 0.6 is 23.4 Å². The molecule has 84 valence electrons. The van der Waals surface area contributed by atoms with Crippen LogP contribution in [0.5, 0.6) is 0 Å². The molecule has 15 heavy (non-hydrogen) atoms. The maximum Gasteiger partial charge on any atom is 0.0544 e. The van der Waals surface area contributed by atoms with Gasteiger partial charge in [-0.3, -0.25) is 0 Å². The second-order valence-electron chi connectivity index (χ2n) is 3.79. The Morgan fingerprint density at radius 1 is 1.47 bits per heavy atom. The number of nitrogens with two attached hydrogens (primary N) is 1. The molecule has 0 aliphatic heterocycles. The smallest absolute Gasteiger partial charge is 0.0544 e. The zero-order valence-corrected chi connectivity index (χ0v) is 10.9. The lowest BCUT2D eigenvalue weighted by Crippen LogP contribution is -2.17. The third kappa shape index (κ3) is 4.45. The molecule has 0 saturated heterocycles. The summed E-state index contributed by atoms with van der Waals surface area (Å²) in [7, 11) is 0. The molecule has 3 heteroatoms. The van der Waals surface area contributed by atoms with Crippen molar-refractivity contribution in [1.82, 2.24) is 0 Å². The van der Waals surface area contributed by atoms with E-state index >= 15 is 0 Å². The number of thioether (sulfide) groups is 1. The van der Waals surface area contributed by atoms with Crippen LogP contribution in [-0.4, -0.2) is 11.8 Å². The van der Waals surface area contributed by atoms with Gasteiger partial charge in [0.15, 0.2) is 0 Å². The van der Waals surface area contributed by atoms with E-state index in [1.807, 2.05) is 24.8 Å². The van der Waals surface area contributed by atoms with Crippen LogP contribution in [0.1, 0.15) is 25.8 Å². The molecular formula is C12H18ClNS. The summed E-state index contributed by atoms with van der Waals surface area (Å²) in [4.78, 5) is 1.17. The van der Waals surface area contributed by atoms with E-state index in [-0.39, 0.29) is 6.04 Å². The normalized spacial score (nSPS) is 12.8. The number of rotatable bonds is 5. The Morgan fingerprint density at radius 3 is 2.73 bits per heavy atom. The van der Waals surface area contributed by atoms with Crippen LogP contribution in [0.2, 0.25) is 5.02 Å². The van der Waals surface area contributed by atoms with Gasteiger partial charge in [-0.25, -0.2) is 0 Å². The van der Waals surface area contributed by atoms with E-state index in [0.717, 1.165) is 17.2 Å². The fourth-order valence-corrected chi connectivity index (χ4v) is 2.52. The minimum atomic E-state index is 0.190. The van der Waals surface area contributed by atoms with E-state index in [4.69, 9.17) is 17.3 Å². The molecule has 1 aromatic rings. The highest BCUT2D eigenvalue weighted by atomic mass is 35.5. The average molecular weight is 244 g/mol. The minimum absolute atomic E-state index is 0.190. The molecular weight excluding hydrogens is 226 g/mol. The van der Waals surface area contributed by atoms with Crippen molar-refractivity contribution >= 4 is 23.4 Å². The zero-order chi connectivity index (χ0) is 11.3. The maximum atomic E-state index is 6.19. The topological polar surface area (TPSA) is 26.0 Å².